The number of hydrogen-bond acceptors (Lipinski definition) is 3. The molecule has 84 valence electrons. The molecule has 0 radical (unpaired) electrons. The van der Waals surface area contributed by atoms with Crippen molar-refractivity contribution in [3.63, 3.8) is 0 Å². The summed E-state index contributed by atoms with van der Waals surface area (Å²) < 4.78 is 0. The van der Waals surface area contributed by atoms with Crippen molar-refractivity contribution in [3.05, 3.63) is 0 Å². The minimum Gasteiger partial charge on any atom is -0.349 e. The Hall–Kier alpha value is 0.170. The average Bonchev–Trinajstić information content (AvgIpc) is 2.12. The van der Waals surface area contributed by atoms with Gasteiger partial charge in [0.25, 0.3) is 0 Å². The molecule has 0 spiro atoms. The van der Waals surface area contributed by atoms with Gasteiger partial charge in [0.1, 0.15) is 0 Å². The smallest absolute Gasteiger partial charge is 0.222 e. The summed E-state index contributed by atoms with van der Waals surface area (Å²) in [5, 5.41) is 0.446. The molecule has 2 nitrogen and oxygen atoms in total. The monoisotopic (exact) mass is 235 g/mol. The molecule has 0 saturated heterocycles. The van der Waals surface area contributed by atoms with Gasteiger partial charge >= 0.3 is 0 Å². The van der Waals surface area contributed by atoms with Crippen molar-refractivity contribution in [3.8, 4) is 0 Å². The molecule has 14 heavy (non-hydrogen) atoms. The van der Waals surface area contributed by atoms with Gasteiger partial charge in [-0.2, -0.15) is 25.3 Å². The lowest BCUT2D eigenvalue weighted by atomic mass is 10.1. The van der Waals surface area contributed by atoms with Crippen molar-refractivity contribution in [1.82, 2.24) is 4.90 Å². The fraction of sp³-hybridized carbons (Fsp3) is 0.900. The lowest BCUT2D eigenvalue weighted by molar-refractivity contribution is -0.128. The van der Waals surface area contributed by atoms with Crippen molar-refractivity contribution in [2.24, 2.45) is 0 Å². The zero-order chi connectivity index (χ0) is 11.0. The molecule has 0 aromatic carbocycles. The fourth-order valence-corrected chi connectivity index (χ4v) is 2.00. The summed E-state index contributed by atoms with van der Waals surface area (Å²) in [6, 6.07) is 0. The van der Waals surface area contributed by atoms with Gasteiger partial charge in [0.2, 0.25) is 5.91 Å². The molecule has 0 N–H and O–H groups in total. The van der Waals surface area contributed by atoms with E-state index in [2.05, 4.69) is 25.3 Å². The van der Waals surface area contributed by atoms with Crippen molar-refractivity contribution < 1.29 is 4.79 Å². The van der Waals surface area contributed by atoms with E-state index in [9.17, 15) is 4.79 Å². The number of unbranched alkanes of at least 4 members (excludes halogenated alkanes) is 1. The topological polar surface area (TPSA) is 20.3 Å². The number of carbonyl (C=O) groups excluding carboxylic acids is 1. The van der Waals surface area contributed by atoms with E-state index >= 15 is 0 Å². The average molecular weight is 235 g/mol. The van der Waals surface area contributed by atoms with Gasteiger partial charge in [0.05, 0.1) is 0 Å². The van der Waals surface area contributed by atoms with Gasteiger partial charge in [-0.15, -0.1) is 0 Å². The molecule has 0 aliphatic carbocycles. The molecule has 1 atom stereocenters. The first kappa shape index (κ1) is 14.2. The van der Waals surface area contributed by atoms with Crippen LogP contribution in [0.15, 0.2) is 0 Å². The van der Waals surface area contributed by atoms with Gasteiger partial charge in [-0.05, 0) is 25.0 Å². The minimum atomic E-state index is 0.218. The van der Waals surface area contributed by atoms with E-state index in [1.165, 1.54) is 0 Å². The predicted molar refractivity (Wildman–Crippen MR) is 68.4 cm³/mol. The van der Waals surface area contributed by atoms with Crippen LogP contribution in [0.3, 0.4) is 0 Å². The Morgan fingerprint density at radius 2 is 1.93 bits per heavy atom. The number of rotatable bonds is 7. The van der Waals surface area contributed by atoms with Crippen LogP contribution in [0.4, 0.5) is 0 Å². The SMILES string of the molecule is CN(C)C(=O)CCCCC(S)CCS. The Kier molecular flexibility index (Phi) is 8.58. The molecular weight excluding hydrogens is 214 g/mol. The number of nitrogens with zero attached hydrogens (tertiary/aromatic N) is 1. The third kappa shape index (κ3) is 7.56. The minimum absolute atomic E-state index is 0.218. The van der Waals surface area contributed by atoms with Crippen molar-refractivity contribution in [2.45, 2.75) is 37.4 Å². The molecule has 0 rings (SSSR count). The van der Waals surface area contributed by atoms with Gasteiger partial charge < -0.3 is 4.90 Å². The first-order valence-electron chi connectivity index (χ1n) is 5.07. The molecule has 0 saturated carbocycles. The molecule has 0 bridgehead atoms. The molecule has 0 fully saturated rings. The van der Waals surface area contributed by atoms with Crippen LogP contribution in [0.2, 0.25) is 0 Å². The number of hydrogen-bond donors (Lipinski definition) is 2. The van der Waals surface area contributed by atoms with E-state index in [1.54, 1.807) is 19.0 Å². The fourth-order valence-electron chi connectivity index (χ4n) is 1.17. The standard InChI is InChI=1S/C10H21NOS2/c1-11(2)10(12)6-4-3-5-9(14)7-8-13/h9,13-14H,3-8H2,1-2H3. The first-order valence-corrected chi connectivity index (χ1v) is 6.22. The van der Waals surface area contributed by atoms with E-state index in [-0.39, 0.29) is 5.91 Å². The second-order valence-corrected chi connectivity index (χ2v) is 4.88. The highest BCUT2D eigenvalue weighted by Crippen LogP contribution is 2.12. The second-order valence-electron chi connectivity index (χ2n) is 3.70. The lowest BCUT2D eigenvalue weighted by Crippen LogP contribution is -2.21. The molecule has 0 heterocycles. The van der Waals surface area contributed by atoms with Gasteiger partial charge in [0.15, 0.2) is 0 Å². The molecule has 0 aromatic heterocycles. The summed E-state index contributed by atoms with van der Waals surface area (Å²) >= 11 is 8.59. The Morgan fingerprint density at radius 1 is 1.29 bits per heavy atom. The summed E-state index contributed by atoms with van der Waals surface area (Å²) in [6.45, 7) is 0. The number of carbonyl (C=O) groups is 1. The molecule has 1 amide bonds. The van der Waals surface area contributed by atoms with E-state index in [1.807, 2.05) is 0 Å². The number of amides is 1. The Labute approximate surface area is 98.3 Å². The van der Waals surface area contributed by atoms with Crippen molar-refractivity contribution >= 4 is 31.2 Å². The summed E-state index contributed by atoms with van der Waals surface area (Å²) in [5.41, 5.74) is 0. The van der Waals surface area contributed by atoms with Crippen LogP contribution < -0.4 is 0 Å². The van der Waals surface area contributed by atoms with Gasteiger partial charge in [-0.1, -0.05) is 6.42 Å². The van der Waals surface area contributed by atoms with E-state index < -0.39 is 0 Å². The van der Waals surface area contributed by atoms with Crippen LogP contribution in [0.25, 0.3) is 0 Å². The summed E-state index contributed by atoms with van der Waals surface area (Å²) in [4.78, 5) is 12.9. The summed E-state index contributed by atoms with van der Waals surface area (Å²) in [7, 11) is 3.59. The molecule has 0 aromatic rings. The molecule has 1 unspecified atom stereocenters. The molecule has 4 heteroatoms. The summed E-state index contributed by atoms with van der Waals surface area (Å²) in [5.74, 6) is 1.11. The number of thiol groups is 2. The maximum absolute atomic E-state index is 11.2. The Morgan fingerprint density at radius 3 is 2.43 bits per heavy atom. The van der Waals surface area contributed by atoms with Crippen LogP contribution in [-0.2, 0) is 4.79 Å². The van der Waals surface area contributed by atoms with Crippen LogP contribution in [0, 0.1) is 0 Å². The second kappa shape index (κ2) is 8.48. The van der Waals surface area contributed by atoms with Crippen LogP contribution in [0.5, 0.6) is 0 Å². The maximum atomic E-state index is 11.2. The first-order chi connectivity index (χ1) is 6.57. The zero-order valence-electron chi connectivity index (χ0n) is 9.07. The Bertz CT molecular complexity index is 162. The van der Waals surface area contributed by atoms with Gasteiger partial charge in [-0.3, -0.25) is 4.79 Å². The van der Waals surface area contributed by atoms with Crippen LogP contribution in [0.1, 0.15) is 32.1 Å². The quantitative estimate of drug-likeness (QED) is 0.512. The predicted octanol–water partition coefficient (Wildman–Crippen LogP) is 2.25. The highest BCUT2D eigenvalue weighted by Gasteiger charge is 2.05. The highest BCUT2D eigenvalue weighted by molar-refractivity contribution is 7.81. The molecule has 0 aliphatic rings. The lowest BCUT2D eigenvalue weighted by Gasteiger charge is -2.11. The third-order valence-corrected chi connectivity index (χ3v) is 2.91. The van der Waals surface area contributed by atoms with E-state index in [0.717, 1.165) is 31.4 Å². The largest absolute Gasteiger partial charge is 0.349 e. The third-order valence-electron chi connectivity index (χ3n) is 2.14. The molecule has 0 aliphatic heterocycles. The van der Waals surface area contributed by atoms with Crippen molar-refractivity contribution in [2.75, 3.05) is 19.8 Å². The summed E-state index contributed by atoms with van der Waals surface area (Å²) in [6.07, 6.45) is 4.86. The zero-order valence-corrected chi connectivity index (χ0v) is 10.9. The van der Waals surface area contributed by atoms with Crippen molar-refractivity contribution in [1.29, 1.82) is 0 Å². The molecular formula is C10H21NOS2. The maximum Gasteiger partial charge on any atom is 0.222 e. The highest BCUT2D eigenvalue weighted by atomic mass is 32.1. The van der Waals surface area contributed by atoms with E-state index in [0.29, 0.717) is 11.7 Å². The van der Waals surface area contributed by atoms with Crippen LogP contribution >= 0.6 is 25.3 Å². The Balaban J connectivity index is 3.33. The van der Waals surface area contributed by atoms with E-state index in [4.69, 9.17) is 0 Å². The normalized spacial score (nSPS) is 12.6. The van der Waals surface area contributed by atoms with Gasteiger partial charge in [0, 0.05) is 25.8 Å². The van der Waals surface area contributed by atoms with Gasteiger partial charge in [-0.25, -0.2) is 0 Å². The van der Waals surface area contributed by atoms with Crippen LogP contribution in [-0.4, -0.2) is 35.9 Å².